The number of ether oxygens (including phenoxy) is 1. The van der Waals surface area contributed by atoms with Crippen LogP contribution in [-0.2, 0) is 11.3 Å². The fourth-order valence-corrected chi connectivity index (χ4v) is 2.90. The molecule has 1 saturated heterocycles. The van der Waals surface area contributed by atoms with E-state index in [1.807, 2.05) is 12.1 Å². The molecule has 0 saturated carbocycles. The molecule has 19 heavy (non-hydrogen) atoms. The van der Waals surface area contributed by atoms with Crippen molar-refractivity contribution in [3.63, 3.8) is 0 Å². The molecule has 2 heterocycles. The Morgan fingerprint density at radius 2 is 2.11 bits per heavy atom. The summed E-state index contributed by atoms with van der Waals surface area (Å²) < 4.78 is 7.64. The van der Waals surface area contributed by atoms with Gasteiger partial charge in [0.25, 0.3) is 0 Å². The molecule has 0 spiro atoms. The lowest BCUT2D eigenvalue weighted by atomic mass is 10.00. The molecule has 1 aliphatic rings. The Kier molecular flexibility index (Phi) is 3.38. The second-order valence-corrected chi connectivity index (χ2v) is 5.32. The van der Waals surface area contributed by atoms with E-state index in [9.17, 15) is 4.79 Å². The molecule has 100 valence electrons. The van der Waals surface area contributed by atoms with Gasteiger partial charge in [-0.25, -0.2) is 0 Å². The number of nitrogens with zero attached hydrogens (tertiary/aromatic N) is 1. The first-order valence-corrected chi connectivity index (χ1v) is 6.92. The van der Waals surface area contributed by atoms with Crippen LogP contribution in [0.5, 0.6) is 0 Å². The molecule has 1 aromatic heterocycles. The Balaban J connectivity index is 1.96. The van der Waals surface area contributed by atoms with Gasteiger partial charge in [0.2, 0.25) is 0 Å². The summed E-state index contributed by atoms with van der Waals surface area (Å²) in [4.78, 5) is 11.8. The van der Waals surface area contributed by atoms with Gasteiger partial charge in [0.1, 0.15) is 0 Å². The van der Waals surface area contributed by atoms with Crippen LogP contribution in [0, 0.1) is 5.92 Å². The van der Waals surface area contributed by atoms with Gasteiger partial charge in [-0.1, -0.05) is 12.1 Å². The molecule has 3 heteroatoms. The average Bonchev–Trinajstić information content (AvgIpc) is 2.83. The quantitative estimate of drug-likeness (QED) is 0.790. The van der Waals surface area contributed by atoms with Crippen molar-refractivity contribution in [3.05, 3.63) is 36.0 Å². The number of hydrogen-bond donors (Lipinski definition) is 0. The highest BCUT2D eigenvalue weighted by Gasteiger charge is 2.16. The van der Waals surface area contributed by atoms with Gasteiger partial charge in [0.05, 0.1) is 5.52 Å². The van der Waals surface area contributed by atoms with E-state index in [4.69, 9.17) is 4.74 Å². The molecule has 1 aliphatic heterocycles. The highest BCUT2D eigenvalue weighted by atomic mass is 16.5. The number of hydrogen-bond acceptors (Lipinski definition) is 2. The molecular weight excluding hydrogens is 238 g/mol. The Labute approximate surface area is 113 Å². The number of carbonyl (C=O) groups is 1. The Morgan fingerprint density at radius 1 is 1.32 bits per heavy atom. The van der Waals surface area contributed by atoms with Crippen molar-refractivity contribution < 1.29 is 9.53 Å². The number of rotatable bonds is 3. The zero-order valence-electron chi connectivity index (χ0n) is 11.3. The van der Waals surface area contributed by atoms with Crippen LogP contribution < -0.4 is 0 Å². The highest BCUT2D eigenvalue weighted by molar-refractivity contribution is 6.05. The summed E-state index contributed by atoms with van der Waals surface area (Å²) in [6, 6.07) is 8.05. The Hall–Kier alpha value is -1.61. The molecule has 0 radical (unpaired) electrons. The molecule has 0 atom stereocenters. The van der Waals surface area contributed by atoms with E-state index in [1.54, 1.807) is 6.92 Å². The summed E-state index contributed by atoms with van der Waals surface area (Å²) >= 11 is 0. The third kappa shape index (κ3) is 2.43. The minimum Gasteiger partial charge on any atom is -0.381 e. The smallest absolute Gasteiger partial charge is 0.161 e. The largest absolute Gasteiger partial charge is 0.381 e. The fourth-order valence-electron chi connectivity index (χ4n) is 2.90. The summed E-state index contributed by atoms with van der Waals surface area (Å²) in [7, 11) is 0. The molecular formula is C16H19NO2. The van der Waals surface area contributed by atoms with Gasteiger partial charge in [-0.3, -0.25) is 4.79 Å². The molecule has 0 N–H and O–H groups in total. The van der Waals surface area contributed by atoms with Gasteiger partial charge in [-0.2, -0.15) is 0 Å². The molecule has 1 aromatic carbocycles. The van der Waals surface area contributed by atoms with Gasteiger partial charge < -0.3 is 9.30 Å². The third-order valence-electron chi connectivity index (χ3n) is 3.96. The van der Waals surface area contributed by atoms with E-state index < -0.39 is 0 Å². The molecule has 3 nitrogen and oxygen atoms in total. The number of carbonyl (C=O) groups excluding carboxylic acids is 1. The van der Waals surface area contributed by atoms with Crippen molar-refractivity contribution in [2.45, 2.75) is 26.3 Å². The van der Waals surface area contributed by atoms with Crippen LogP contribution in [-0.4, -0.2) is 23.6 Å². The third-order valence-corrected chi connectivity index (χ3v) is 3.96. The highest BCUT2D eigenvalue weighted by Crippen LogP contribution is 2.24. The first kappa shape index (κ1) is 12.4. The maximum absolute atomic E-state index is 11.8. The number of aromatic nitrogens is 1. The number of Topliss-reactive ketones (excluding diaryl/α,β-unsaturated/α-hetero) is 1. The minimum atomic E-state index is 0.137. The Bertz CT molecular complexity index is 594. The summed E-state index contributed by atoms with van der Waals surface area (Å²) in [5.74, 6) is 0.793. The zero-order chi connectivity index (χ0) is 13.2. The molecule has 0 aliphatic carbocycles. The minimum absolute atomic E-state index is 0.137. The molecule has 0 unspecified atom stereocenters. The topological polar surface area (TPSA) is 31.2 Å². The van der Waals surface area contributed by atoms with Crippen molar-refractivity contribution in [2.75, 3.05) is 13.2 Å². The van der Waals surface area contributed by atoms with Crippen molar-refractivity contribution in [2.24, 2.45) is 5.92 Å². The normalized spacial score (nSPS) is 16.9. The predicted octanol–water partition coefficient (Wildman–Crippen LogP) is 3.27. The van der Waals surface area contributed by atoms with E-state index in [0.717, 1.165) is 49.1 Å². The van der Waals surface area contributed by atoms with Gasteiger partial charge in [0, 0.05) is 36.9 Å². The SMILES string of the molecule is CC(=O)c1cccc2ccn(CC3CCOCC3)c12. The van der Waals surface area contributed by atoms with Crippen LogP contribution in [0.3, 0.4) is 0 Å². The first-order chi connectivity index (χ1) is 9.25. The molecule has 1 fully saturated rings. The van der Waals surface area contributed by atoms with Crippen LogP contribution >= 0.6 is 0 Å². The van der Waals surface area contributed by atoms with E-state index in [1.165, 1.54) is 0 Å². The van der Waals surface area contributed by atoms with Crippen molar-refractivity contribution in [3.8, 4) is 0 Å². The average molecular weight is 257 g/mol. The molecule has 2 aromatic rings. The summed E-state index contributed by atoms with van der Waals surface area (Å²) in [5, 5.41) is 1.15. The predicted molar refractivity (Wildman–Crippen MR) is 75.5 cm³/mol. The summed E-state index contributed by atoms with van der Waals surface area (Å²) in [6.45, 7) is 4.35. The Morgan fingerprint density at radius 3 is 2.84 bits per heavy atom. The number of fused-ring (bicyclic) bond motifs is 1. The number of benzene rings is 1. The van der Waals surface area contributed by atoms with Gasteiger partial charge in [-0.15, -0.1) is 0 Å². The van der Waals surface area contributed by atoms with Crippen LogP contribution in [0.4, 0.5) is 0 Å². The van der Waals surface area contributed by atoms with Crippen LogP contribution in [0.15, 0.2) is 30.5 Å². The molecule has 0 amide bonds. The van der Waals surface area contributed by atoms with E-state index in [0.29, 0.717) is 5.92 Å². The maximum atomic E-state index is 11.8. The van der Waals surface area contributed by atoms with Crippen molar-refractivity contribution in [1.29, 1.82) is 0 Å². The van der Waals surface area contributed by atoms with Crippen molar-refractivity contribution in [1.82, 2.24) is 4.57 Å². The molecule has 3 rings (SSSR count). The van der Waals surface area contributed by atoms with Gasteiger partial charge >= 0.3 is 0 Å². The van der Waals surface area contributed by atoms with Crippen molar-refractivity contribution >= 4 is 16.7 Å². The van der Waals surface area contributed by atoms with E-state index in [-0.39, 0.29) is 5.78 Å². The number of para-hydroxylation sites is 1. The van der Waals surface area contributed by atoms with Crippen LogP contribution in [0.1, 0.15) is 30.1 Å². The zero-order valence-corrected chi connectivity index (χ0v) is 11.3. The standard InChI is InChI=1S/C16H19NO2/c1-12(18)15-4-2-3-14-5-8-17(16(14)15)11-13-6-9-19-10-7-13/h2-5,8,13H,6-7,9-11H2,1H3. The lowest BCUT2D eigenvalue weighted by molar-refractivity contribution is 0.0616. The van der Waals surface area contributed by atoms with E-state index in [2.05, 4.69) is 22.9 Å². The summed E-state index contributed by atoms with van der Waals surface area (Å²) in [5.41, 5.74) is 1.91. The second kappa shape index (κ2) is 5.17. The second-order valence-electron chi connectivity index (χ2n) is 5.32. The summed E-state index contributed by atoms with van der Waals surface area (Å²) in [6.07, 6.45) is 4.33. The van der Waals surface area contributed by atoms with Crippen LogP contribution in [0.25, 0.3) is 10.9 Å². The lowest BCUT2D eigenvalue weighted by Gasteiger charge is -2.23. The van der Waals surface area contributed by atoms with Gasteiger partial charge in [-0.05, 0) is 37.8 Å². The fraction of sp³-hybridized carbons (Fsp3) is 0.438. The van der Waals surface area contributed by atoms with Gasteiger partial charge in [0.15, 0.2) is 5.78 Å². The number of ketones is 1. The monoisotopic (exact) mass is 257 g/mol. The molecule has 0 bridgehead atoms. The lowest BCUT2D eigenvalue weighted by Crippen LogP contribution is -2.20. The van der Waals surface area contributed by atoms with E-state index >= 15 is 0 Å². The van der Waals surface area contributed by atoms with Crippen LogP contribution in [0.2, 0.25) is 0 Å². The first-order valence-electron chi connectivity index (χ1n) is 6.92. The maximum Gasteiger partial charge on any atom is 0.161 e.